The molecule has 0 bridgehead atoms. The lowest BCUT2D eigenvalue weighted by molar-refractivity contribution is 0.0722. The maximum absolute atomic E-state index is 11.8. The maximum Gasteiger partial charge on any atom is 0.271 e. The third-order valence-corrected chi connectivity index (χ3v) is 2.79. The molecule has 0 aliphatic heterocycles. The molecule has 1 aromatic rings. The first-order valence-electron chi connectivity index (χ1n) is 4.92. The summed E-state index contributed by atoms with van der Waals surface area (Å²) in [6, 6.07) is 0. The molecule has 0 fully saturated rings. The van der Waals surface area contributed by atoms with Crippen molar-refractivity contribution in [3.63, 3.8) is 0 Å². The van der Waals surface area contributed by atoms with Gasteiger partial charge in [0.2, 0.25) is 0 Å². The molecule has 0 radical (unpaired) electrons. The Hall–Kier alpha value is -0.980. The number of hydrogen-bond acceptors (Lipinski definition) is 5. The van der Waals surface area contributed by atoms with Gasteiger partial charge in [-0.25, -0.2) is 4.98 Å². The minimum absolute atomic E-state index is 0.00277. The molecule has 0 aliphatic rings. The van der Waals surface area contributed by atoms with Crippen molar-refractivity contribution in [3.05, 3.63) is 16.6 Å². The van der Waals surface area contributed by atoms with E-state index in [1.165, 1.54) is 11.3 Å². The van der Waals surface area contributed by atoms with E-state index in [1.54, 1.807) is 18.0 Å². The molecule has 0 aliphatic carbocycles. The van der Waals surface area contributed by atoms with Crippen LogP contribution in [0.25, 0.3) is 0 Å². The van der Waals surface area contributed by atoms with Crippen molar-refractivity contribution in [2.24, 2.45) is 0 Å². The molecule has 5 nitrogen and oxygen atoms in total. The Bertz CT molecular complexity index is 321. The Kier molecular flexibility index (Phi) is 4.85. The van der Waals surface area contributed by atoms with Crippen LogP contribution in [0.1, 0.15) is 23.8 Å². The van der Waals surface area contributed by atoms with E-state index in [9.17, 15) is 4.79 Å². The maximum atomic E-state index is 11.8. The quantitative estimate of drug-likeness (QED) is 0.771. The van der Waals surface area contributed by atoms with Gasteiger partial charge in [0, 0.05) is 19.1 Å². The zero-order valence-electron chi connectivity index (χ0n) is 9.40. The number of rotatable bonds is 6. The molecule has 0 saturated heterocycles. The average molecular weight is 244 g/mol. The number of nitrogens with one attached hydrogen (secondary N) is 1. The fourth-order valence-corrected chi connectivity index (χ4v) is 1.93. The first-order valence-corrected chi connectivity index (χ1v) is 5.86. The van der Waals surface area contributed by atoms with E-state index < -0.39 is 5.54 Å². The summed E-state index contributed by atoms with van der Waals surface area (Å²) in [4.78, 5) is 15.7. The Morgan fingerprint density at radius 1 is 1.75 bits per heavy atom. The van der Waals surface area contributed by atoms with Gasteiger partial charge in [0.05, 0.1) is 17.7 Å². The van der Waals surface area contributed by atoms with Crippen molar-refractivity contribution >= 4 is 17.2 Å². The fraction of sp³-hybridized carbons (Fsp3) is 0.600. The predicted molar refractivity (Wildman–Crippen MR) is 61.6 cm³/mol. The Balaban J connectivity index is 2.64. The molecule has 2 N–H and O–H groups in total. The fourth-order valence-electron chi connectivity index (χ4n) is 1.40. The molecule has 16 heavy (non-hydrogen) atoms. The summed E-state index contributed by atoms with van der Waals surface area (Å²) >= 11 is 1.37. The number of aliphatic hydroxyl groups excluding tert-OH is 1. The first-order chi connectivity index (χ1) is 7.61. The summed E-state index contributed by atoms with van der Waals surface area (Å²) in [5.41, 5.74) is 1.43. The largest absolute Gasteiger partial charge is 0.396 e. The lowest BCUT2D eigenvalue weighted by Gasteiger charge is -2.29. The van der Waals surface area contributed by atoms with Crippen LogP contribution in [0.15, 0.2) is 10.9 Å². The summed E-state index contributed by atoms with van der Waals surface area (Å²) in [6.07, 6.45) is 0.441. The molecule has 0 spiro atoms. The lowest BCUT2D eigenvalue weighted by Crippen LogP contribution is -2.50. The van der Waals surface area contributed by atoms with E-state index in [4.69, 9.17) is 9.84 Å². The highest BCUT2D eigenvalue weighted by atomic mass is 32.1. The molecule has 1 amide bonds. The minimum Gasteiger partial charge on any atom is -0.396 e. The van der Waals surface area contributed by atoms with Gasteiger partial charge in [0.1, 0.15) is 5.69 Å². The number of aromatic nitrogens is 1. The SMILES string of the molecule is COCC(C)(CCO)NC(=O)c1cscn1. The van der Waals surface area contributed by atoms with Crippen molar-refractivity contribution < 1.29 is 14.6 Å². The van der Waals surface area contributed by atoms with Crippen LogP contribution in [-0.4, -0.2) is 41.9 Å². The third-order valence-electron chi connectivity index (χ3n) is 2.21. The second-order valence-electron chi connectivity index (χ2n) is 3.80. The highest BCUT2D eigenvalue weighted by Crippen LogP contribution is 2.11. The molecule has 0 saturated carbocycles. The van der Waals surface area contributed by atoms with Gasteiger partial charge in [-0.15, -0.1) is 11.3 Å². The van der Waals surface area contributed by atoms with E-state index >= 15 is 0 Å². The molecule has 90 valence electrons. The lowest BCUT2D eigenvalue weighted by atomic mass is 9.99. The van der Waals surface area contributed by atoms with Crippen molar-refractivity contribution in [1.82, 2.24) is 10.3 Å². The van der Waals surface area contributed by atoms with Crippen LogP contribution in [0.4, 0.5) is 0 Å². The highest BCUT2D eigenvalue weighted by molar-refractivity contribution is 7.07. The number of thiazole rings is 1. The van der Waals surface area contributed by atoms with Crippen molar-refractivity contribution in [1.29, 1.82) is 0 Å². The number of aliphatic hydroxyl groups is 1. The molecule has 1 heterocycles. The van der Waals surface area contributed by atoms with Crippen molar-refractivity contribution in [2.75, 3.05) is 20.3 Å². The van der Waals surface area contributed by atoms with Gasteiger partial charge in [0.15, 0.2) is 0 Å². The van der Waals surface area contributed by atoms with Crippen LogP contribution in [-0.2, 0) is 4.74 Å². The molecule has 1 unspecified atom stereocenters. The number of methoxy groups -OCH3 is 1. The van der Waals surface area contributed by atoms with E-state index in [-0.39, 0.29) is 12.5 Å². The number of hydrogen-bond donors (Lipinski definition) is 2. The van der Waals surface area contributed by atoms with Crippen LogP contribution in [0.2, 0.25) is 0 Å². The Morgan fingerprint density at radius 2 is 2.50 bits per heavy atom. The second-order valence-corrected chi connectivity index (χ2v) is 4.51. The first kappa shape index (κ1) is 13.1. The number of ether oxygens (including phenoxy) is 1. The smallest absolute Gasteiger partial charge is 0.271 e. The highest BCUT2D eigenvalue weighted by Gasteiger charge is 2.26. The molecule has 1 rings (SSSR count). The normalized spacial score (nSPS) is 14.4. The van der Waals surface area contributed by atoms with Gasteiger partial charge in [-0.1, -0.05) is 0 Å². The van der Waals surface area contributed by atoms with E-state index in [0.29, 0.717) is 18.7 Å². The standard InChI is InChI=1S/C10H16N2O3S/c1-10(3-4-13,6-15-2)12-9(14)8-5-16-7-11-8/h5,7,13H,3-4,6H2,1-2H3,(H,12,14). The molecule has 0 aromatic carbocycles. The van der Waals surface area contributed by atoms with Gasteiger partial charge >= 0.3 is 0 Å². The van der Waals surface area contributed by atoms with Crippen LogP contribution in [0, 0.1) is 0 Å². The van der Waals surface area contributed by atoms with E-state index in [2.05, 4.69) is 10.3 Å². The summed E-state index contributed by atoms with van der Waals surface area (Å²) in [6.45, 7) is 2.18. The van der Waals surface area contributed by atoms with E-state index in [1.807, 2.05) is 6.92 Å². The zero-order chi connectivity index (χ0) is 12.0. The molecular formula is C10H16N2O3S. The number of carbonyl (C=O) groups is 1. The summed E-state index contributed by atoms with van der Waals surface area (Å²) < 4.78 is 5.03. The van der Waals surface area contributed by atoms with Gasteiger partial charge in [-0.05, 0) is 13.3 Å². The second kappa shape index (κ2) is 5.93. The van der Waals surface area contributed by atoms with Crippen molar-refractivity contribution in [3.8, 4) is 0 Å². The minimum atomic E-state index is -0.565. The molecule has 6 heteroatoms. The zero-order valence-corrected chi connectivity index (χ0v) is 10.2. The van der Waals surface area contributed by atoms with Gasteiger partial charge < -0.3 is 15.2 Å². The topological polar surface area (TPSA) is 71.5 Å². The third kappa shape index (κ3) is 3.55. The van der Waals surface area contributed by atoms with Crippen molar-refractivity contribution in [2.45, 2.75) is 18.9 Å². The van der Waals surface area contributed by atoms with Gasteiger partial charge in [0.25, 0.3) is 5.91 Å². The number of amides is 1. The molecular weight excluding hydrogens is 228 g/mol. The van der Waals surface area contributed by atoms with Gasteiger partial charge in [-0.2, -0.15) is 0 Å². The van der Waals surface area contributed by atoms with Crippen LogP contribution >= 0.6 is 11.3 Å². The Labute approximate surface area is 98.5 Å². The van der Waals surface area contributed by atoms with E-state index in [0.717, 1.165) is 0 Å². The summed E-state index contributed by atoms with van der Waals surface area (Å²) in [5, 5.41) is 13.5. The monoisotopic (exact) mass is 244 g/mol. The van der Waals surface area contributed by atoms with Crippen LogP contribution < -0.4 is 5.32 Å². The average Bonchev–Trinajstić information content (AvgIpc) is 2.70. The van der Waals surface area contributed by atoms with Crippen LogP contribution in [0.5, 0.6) is 0 Å². The molecule has 1 aromatic heterocycles. The number of carbonyl (C=O) groups excluding carboxylic acids is 1. The summed E-state index contributed by atoms with van der Waals surface area (Å²) in [5.74, 6) is -0.241. The predicted octanol–water partition coefficient (Wildman–Crippen LogP) is 0.660. The summed E-state index contributed by atoms with van der Waals surface area (Å²) in [7, 11) is 1.56. The number of nitrogens with zero attached hydrogens (tertiary/aromatic N) is 1. The Morgan fingerprint density at radius 3 is 3.00 bits per heavy atom. The van der Waals surface area contributed by atoms with Gasteiger partial charge in [-0.3, -0.25) is 4.79 Å². The molecule has 1 atom stereocenters. The van der Waals surface area contributed by atoms with Crippen LogP contribution in [0.3, 0.4) is 0 Å².